The number of unbranched alkanes of at least 4 members (excludes halogenated alkanes) is 1. The van der Waals surface area contributed by atoms with Gasteiger partial charge < -0.3 is 5.73 Å². The highest BCUT2D eigenvalue weighted by Crippen LogP contribution is 2.33. The van der Waals surface area contributed by atoms with E-state index in [1.807, 2.05) is 36.7 Å². The molecule has 0 bridgehead atoms. The van der Waals surface area contributed by atoms with E-state index in [0.717, 1.165) is 62.4 Å². The Bertz CT molecular complexity index is 912. The van der Waals surface area contributed by atoms with Gasteiger partial charge in [0.2, 0.25) is 0 Å². The molecule has 0 radical (unpaired) electrons. The lowest BCUT2D eigenvalue weighted by Gasteiger charge is -2.35. The van der Waals surface area contributed by atoms with E-state index < -0.39 is 0 Å². The van der Waals surface area contributed by atoms with E-state index in [1.165, 1.54) is 17.7 Å². The highest BCUT2D eigenvalue weighted by atomic mass is 15.2. The molecule has 1 aliphatic rings. The molecule has 3 heterocycles. The smallest absolute Gasteiger partial charge is 0.0890 e. The summed E-state index contributed by atoms with van der Waals surface area (Å²) in [6.07, 6.45) is 9.35. The normalized spacial score (nSPS) is 16.0. The fourth-order valence-corrected chi connectivity index (χ4v) is 4.18. The van der Waals surface area contributed by atoms with Gasteiger partial charge in [-0.05, 0) is 81.1 Å². The van der Waals surface area contributed by atoms with Crippen LogP contribution in [0.2, 0.25) is 0 Å². The van der Waals surface area contributed by atoms with Crippen molar-refractivity contribution in [2.45, 2.75) is 44.7 Å². The summed E-state index contributed by atoms with van der Waals surface area (Å²) >= 11 is 0. The third-order valence-electron chi connectivity index (χ3n) is 5.60. The van der Waals surface area contributed by atoms with Gasteiger partial charge in [0, 0.05) is 18.9 Å². The largest absolute Gasteiger partial charge is 0.330 e. The van der Waals surface area contributed by atoms with Gasteiger partial charge in [0.25, 0.3) is 0 Å². The summed E-state index contributed by atoms with van der Waals surface area (Å²) in [4.78, 5) is 16.7. The van der Waals surface area contributed by atoms with Crippen LogP contribution in [0, 0.1) is 0 Å². The first kappa shape index (κ1) is 19.7. The second-order valence-corrected chi connectivity index (χ2v) is 7.65. The number of pyridine rings is 3. The Morgan fingerprint density at radius 2 is 1.83 bits per heavy atom. The Labute approximate surface area is 173 Å². The summed E-state index contributed by atoms with van der Waals surface area (Å²) in [7, 11) is 0. The van der Waals surface area contributed by atoms with E-state index in [2.05, 4.69) is 34.1 Å². The number of nitrogens with two attached hydrogens (primary N) is 1. The van der Waals surface area contributed by atoms with E-state index in [1.54, 1.807) is 0 Å². The van der Waals surface area contributed by atoms with Crippen LogP contribution in [-0.2, 0) is 13.0 Å². The number of nitrogens with zero attached hydrogens (tertiary/aromatic N) is 4. The van der Waals surface area contributed by atoms with Gasteiger partial charge in [-0.25, -0.2) is 4.98 Å². The first-order chi connectivity index (χ1) is 14.3. The van der Waals surface area contributed by atoms with Crippen molar-refractivity contribution in [3.05, 3.63) is 77.9 Å². The molecule has 1 atom stereocenters. The van der Waals surface area contributed by atoms with Crippen LogP contribution < -0.4 is 5.73 Å². The quantitative estimate of drug-likeness (QED) is 0.588. The second kappa shape index (κ2) is 9.72. The molecule has 3 aromatic heterocycles. The minimum absolute atomic E-state index is 0.345. The van der Waals surface area contributed by atoms with Crippen LogP contribution in [0.15, 0.2) is 60.9 Å². The van der Waals surface area contributed by atoms with Crippen LogP contribution in [0.5, 0.6) is 0 Å². The Balaban J connectivity index is 1.59. The Hall–Kier alpha value is -2.63. The van der Waals surface area contributed by atoms with Crippen molar-refractivity contribution in [1.29, 1.82) is 0 Å². The van der Waals surface area contributed by atoms with Crippen LogP contribution in [0.3, 0.4) is 0 Å². The molecule has 2 N–H and O–H groups in total. The molecule has 0 amide bonds. The van der Waals surface area contributed by atoms with Crippen molar-refractivity contribution >= 4 is 0 Å². The molecule has 0 saturated carbocycles. The molecule has 5 nitrogen and oxygen atoms in total. The van der Waals surface area contributed by atoms with Gasteiger partial charge in [0.1, 0.15) is 0 Å². The fraction of sp³-hybridized carbons (Fsp3) is 0.375. The molecule has 0 spiro atoms. The molecule has 5 heteroatoms. The molecule has 0 aromatic carbocycles. The molecule has 0 saturated heterocycles. The molecule has 1 unspecified atom stereocenters. The van der Waals surface area contributed by atoms with E-state index >= 15 is 0 Å². The fourth-order valence-electron chi connectivity index (χ4n) is 4.18. The number of aryl methyl sites for hydroxylation is 1. The minimum Gasteiger partial charge on any atom is -0.330 e. The summed E-state index contributed by atoms with van der Waals surface area (Å²) in [5.74, 6) is 0. The summed E-state index contributed by atoms with van der Waals surface area (Å²) in [5, 5.41) is 0. The van der Waals surface area contributed by atoms with E-state index in [9.17, 15) is 0 Å². The third kappa shape index (κ3) is 4.86. The predicted molar refractivity (Wildman–Crippen MR) is 116 cm³/mol. The van der Waals surface area contributed by atoms with Crippen molar-refractivity contribution in [2.24, 2.45) is 5.73 Å². The van der Waals surface area contributed by atoms with Crippen LogP contribution in [0.25, 0.3) is 11.4 Å². The molecular formula is C24H29N5. The maximum atomic E-state index is 5.76. The maximum absolute atomic E-state index is 5.76. The Morgan fingerprint density at radius 1 is 0.931 bits per heavy atom. The summed E-state index contributed by atoms with van der Waals surface area (Å²) in [5.41, 5.74) is 11.3. The molecule has 1 aliphatic carbocycles. The highest BCUT2D eigenvalue weighted by molar-refractivity contribution is 5.53. The topological polar surface area (TPSA) is 67.9 Å². The average Bonchev–Trinajstić information content (AvgIpc) is 2.79. The van der Waals surface area contributed by atoms with Crippen molar-refractivity contribution in [2.75, 3.05) is 13.1 Å². The summed E-state index contributed by atoms with van der Waals surface area (Å²) in [6, 6.07) is 16.8. The molecular weight excluding hydrogens is 358 g/mol. The monoisotopic (exact) mass is 387 g/mol. The van der Waals surface area contributed by atoms with Gasteiger partial charge in [0.05, 0.1) is 28.8 Å². The second-order valence-electron chi connectivity index (χ2n) is 7.65. The van der Waals surface area contributed by atoms with Crippen LogP contribution in [-0.4, -0.2) is 32.9 Å². The molecule has 4 rings (SSSR count). The lowest BCUT2D eigenvalue weighted by molar-refractivity contribution is 0.161. The molecule has 150 valence electrons. The SMILES string of the molecule is NCCCCN(Cc1cccc(-c2ccccn2)n1)C1CCCc2cccnc21. The third-order valence-corrected chi connectivity index (χ3v) is 5.60. The van der Waals surface area contributed by atoms with Gasteiger partial charge in [-0.3, -0.25) is 14.9 Å². The first-order valence-electron chi connectivity index (χ1n) is 10.6. The molecule has 0 fully saturated rings. The van der Waals surface area contributed by atoms with Gasteiger partial charge in [-0.2, -0.15) is 0 Å². The van der Waals surface area contributed by atoms with E-state index in [0.29, 0.717) is 6.04 Å². The highest BCUT2D eigenvalue weighted by Gasteiger charge is 2.27. The summed E-state index contributed by atoms with van der Waals surface area (Å²) < 4.78 is 0. The zero-order valence-corrected chi connectivity index (χ0v) is 16.9. The van der Waals surface area contributed by atoms with Gasteiger partial charge >= 0.3 is 0 Å². The zero-order valence-electron chi connectivity index (χ0n) is 16.9. The van der Waals surface area contributed by atoms with Crippen LogP contribution in [0.4, 0.5) is 0 Å². The molecule has 29 heavy (non-hydrogen) atoms. The minimum atomic E-state index is 0.345. The lowest BCUT2D eigenvalue weighted by atomic mass is 9.90. The first-order valence-corrected chi connectivity index (χ1v) is 10.6. The molecule has 3 aromatic rings. The maximum Gasteiger partial charge on any atom is 0.0890 e. The van der Waals surface area contributed by atoms with Crippen molar-refractivity contribution < 1.29 is 0 Å². The number of hydrogen-bond acceptors (Lipinski definition) is 5. The van der Waals surface area contributed by atoms with Crippen molar-refractivity contribution in [3.8, 4) is 11.4 Å². The number of aromatic nitrogens is 3. The van der Waals surface area contributed by atoms with E-state index in [4.69, 9.17) is 15.7 Å². The number of hydrogen-bond donors (Lipinski definition) is 1. The van der Waals surface area contributed by atoms with Gasteiger partial charge in [-0.1, -0.05) is 18.2 Å². The lowest BCUT2D eigenvalue weighted by Crippen LogP contribution is -2.33. The average molecular weight is 388 g/mol. The zero-order chi connectivity index (χ0) is 19.9. The van der Waals surface area contributed by atoms with Gasteiger partial charge in [-0.15, -0.1) is 0 Å². The predicted octanol–water partition coefficient (Wildman–Crippen LogP) is 4.16. The van der Waals surface area contributed by atoms with E-state index in [-0.39, 0.29) is 0 Å². The number of rotatable bonds is 8. The number of fused-ring (bicyclic) bond motifs is 1. The van der Waals surface area contributed by atoms with Crippen LogP contribution >= 0.6 is 0 Å². The standard InChI is InChI=1S/C24H29N5/c25-14-2-4-17-29(23-13-5-8-19-9-7-16-27-24(19)23)18-20-10-6-12-22(28-20)21-11-1-3-15-26-21/h1,3,6-7,9-12,15-16,23H,2,4-5,8,13-14,17-18,25H2. The van der Waals surface area contributed by atoms with Crippen molar-refractivity contribution in [1.82, 2.24) is 19.9 Å². The molecule has 0 aliphatic heterocycles. The van der Waals surface area contributed by atoms with Gasteiger partial charge in [0.15, 0.2) is 0 Å². The van der Waals surface area contributed by atoms with Crippen LogP contribution in [0.1, 0.15) is 48.7 Å². The Kier molecular flexibility index (Phi) is 6.60. The van der Waals surface area contributed by atoms with Crippen molar-refractivity contribution in [3.63, 3.8) is 0 Å². The Morgan fingerprint density at radius 3 is 2.69 bits per heavy atom. The summed E-state index contributed by atoms with van der Waals surface area (Å²) in [6.45, 7) is 2.56.